The Balaban J connectivity index is 2.14. The van der Waals surface area contributed by atoms with E-state index in [-0.39, 0.29) is 5.56 Å². The smallest absolute Gasteiger partial charge is 0.261 e. The first kappa shape index (κ1) is 14.2. The minimum absolute atomic E-state index is 0.0231. The van der Waals surface area contributed by atoms with Crippen LogP contribution in [-0.2, 0) is 13.0 Å². The van der Waals surface area contributed by atoms with Crippen molar-refractivity contribution in [3.05, 3.63) is 63.4 Å². The number of aryl methyl sites for hydroxylation is 2. The van der Waals surface area contributed by atoms with Gasteiger partial charge in [0.25, 0.3) is 5.56 Å². The van der Waals surface area contributed by atoms with E-state index in [0.717, 1.165) is 17.5 Å². The first-order valence-electron chi connectivity index (χ1n) is 7.87. The van der Waals surface area contributed by atoms with Crippen LogP contribution in [0.3, 0.4) is 0 Å². The Hall–Kier alpha value is -2.46. The van der Waals surface area contributed by atoms with Crippen LogP contribution >= 0.6 is 0 Å². The Morgan fingerprint density at radius 3 is 2.83 bits per heavy atom. The zero-order chi connectivity index (χ0) is 16.1. The molecule has 0 saturated carbocycles. The maximum absolute atomic E-state index is 13.0. The number of nitrogens with zero attached hydrogens (tertiary/aromatic N) is 2. The second-order valence-corrected chi connectivity index (χ2v) is 6.23. The van der Waals surface area contributed by atoms with Gasteiger partial charge in [-0.3, -0.25) is 9.36 Å². The van der Waals surface area contributed by atoms with Crippen LogP contribution in [0.1, 0.15) is 29.7 Å². The van der Waals surface area contributed by atoms with Gasteiger partial charge in [0.15, 0.2) is 0 Å². The van der Waals surface area contributed by atoms with E-state index in [0.29, 0.717) is 28.8 Å². The Bertz CT molecular complexity index is 987. The molecule has 0 saturated heterocycles. The van der Waals surface area contributed by atoms with Crippen LogP contribution in [0.4, 0.5) is 0 Å². The minimum atomic E-state index is -0.661. The van der Waals surface area contributed by atoms with Crippen molar-refractivity contribution in [1.29, 1.82) is 0 Å². The van der Waals surface area contributed by atoms with Gasteiger partial charge in [-0.05, 0) is 37.5 Å². The second-order valence-electron chi connectivity index (χ2n) is 6.23. The molecule has 23 heavy (non-hydrogen) atoms. The van der Waals surface area contributed by atoms with E-state index < -0.39 is 6.10 Å². The van der Waals surface area contributed by atoms with E-state index in [1.165, 1.54) is 5.56 Å². The molecule has 116 valence electrons. The molecule has 1 unspecified atom stereocenters. The highest BCUT2D eigenvalue weighted by Crippen LogP contribution is 2.30. The van der Waals surface area contributed by atoms with Crippen molar-refractivity contribution >= 4 is 10.9 Å². The lowest BCUT2D eigenvalue weighted by Gasteiger charge is -2.22. The molecular weight excluding hydrogens is 288 g/mol. The fourth-order valence-corrected chi connectivity index (χ4v) is 3.42. The quantitative estimate of drug-likeness (QED) is 0.752. The van der Waals surface area contributed by atoms with Crippen molar-refractivity contribution in [1.82, 2.24) is 9.55 Å². The van der Waals surface area contributed by atoms with Crippen LogP contribution < -0.4 is 5.56 Å². The molecule has 1 N–H and O–H groups in total. The predicted molar refractivity (Wildman–Crippen MR) is 90.5 cm³/mol. The van der Waals surface area contributed by atoms with Crippen LogP contribution in [-0.4, -0.2) is 14.7 Å². The summed E-state index contributed by atoms with van der Waals surface area (Å²) in [5.41, 5.74) is 4.48. The number of aliphatic hydroxyl groups is 1. The van der Waals surface area contributed by atoms with Gasteiger partial charge in [0.1, 0.15) is 5.82 Å². The summed E-state index contributed by atoms with van der Waals surface area (Å²) in [5, 5.41) is 10.7. The molecular formula is C19H18N2O2. The normalized spacial score (nSPS) is 14.4. The molecule has 0 radical (unpaired) electrons. The van der Waals surface area contributed by atoms with E-state index in [2.05, 4.69) is 6.07 Å². The van der Waals surface area contributed by atoms with Crippen LogP contribution in [0.15, 0.2) is 41.2 Å². The average Bonchev–Trinajstić information content (AvgIpc) is 2.55. The summed E-state index contributed by atoms with van der Waals surface area (Å²) in [6, 6.07) is 11.8. The number of aromatic nitrogens is 2. The standard InChI is InChI=1S/C19H18N2O2/c1-11-9-15(12(2)22)17-16(10-11)19(23)21-8-7-13-5-3-4-6-14(13)18(21)20-17/h3-6,9-10,12,22H,7-8H2,1-2H3. The molecule has 1 aromatic heterocycles. The van der Waals surface area contributed by atoms with Crippen molar-refractivity contribution in [3.8, 4) is 11.4 Å². The molecule has 4 heteroatoms. The predicted octanol–water partition coefficient (Wildman–Crippen LogP) is 2.98. The molecule has 2 heterocycles. The van der Waals surface area contributed by atoms with Crippen molar-refractivity contribution < 1.29 is 5.11 Å². The Morgan fingerprint density at radius 2 is 2.04 bits per heavy atom. The van der Waals surface area contributed by atoms with E-state index >= 15 is 0 Å². The van der Waals surface area contributed by atoms with Gasteiger partial charge in [0.2, 0.25) is 0 Å². The van der Waals surface area contributed by atoms with Crippen LogP contribution in [0.2, 0.25) is 0 Å². The number of hydrogen-bond donors (Lipinski definition) is 1. The van der Waals surface area contributed by atoms with Crippen LogP contribution in [0.25, 0.3) is 22.3 Å². The summed E-state index contributed by atoms with van der Waals surface area (Å²) >= 11 is 0. The minimum Gasteiger partial charge on any atom is -0.389 e. The first-order valence-corrected chi connectivity index (χ1v) is 7.87. The average molecular weight is 306 g/mol. The van der Waals surface area contributed by atoms with Gasteiger partial charge in [0, 0.05) is 17.7 Å². The largest absolute Gasteiger partial charge is 0.389 e. The molecule has 0 amide bonds. The maximum atomic E-state index is 13.0. The van der Waals surface area contributed by atoms with Gasteiger partial charge < -0.3 is 5.11 Å². The number of aliphatic hydroxyl groups excluding tert-OH is 1. The van der Waals surface area contributed by atoms with Crippen molar-refractivity contribution in [3.63, 3.8) is 0 Å². The van der Waals surface area contributed by atoms with Crippen molar-refractivity contribution in [2.45, 2.75) is 32.9 Å². The van der Waals surface area contributed by atoms with Gasteiger partial charge in [-0.1, -0.05) is 30.3 Å². The van der Waals surface area contributed by atoms with Gasteiger partial charge in [-0.15, -0.1) is 0 Å². The molecule has 4 rings (SSSR count). The zero-order valence-electron chi connectivity index (χ0n) is 13.2. The summed E-state index contributed by atoms with van der Waals surface area (Å²) in [6.07, 6.45) is 0.178. The number of fused-ring (bicyclic) bond motifs is 4. The molecule has 4 nitrogen and oxygen atoms in total. The first-order chi connectivity index (χ1) is 11.1. The molecule has 1 aliphatic heterocycles. The molecule has 2 aromatic carbocycles. The van der Waals surface area contributed by atoms with Gasteiger partial charge in [0.05, 0.1) is 17.0 Å². The molecule has 0 spiro atoms. The molecule has 1 aliphatic rings. The van der Waals surface area contributed by atoms with Crippen molar-refractivity contribution in [2.75, 3.05) is 0 Å². The molecule has 1 atom stereocenters. The topological polar surface area (TPSA) is 55.1 Å². The second kappa shape index (κ2) is 5.03. The lowest BCUT2D eigenvalue weighted by atomic mass is 9.98. The SMILES string of the molecule is Cc1cc(C(C)O)c2nc3n(c(=O)c2c1)CCc1ccccc1-3. The zero-order valence-corrected chi connectivity index (χ0v) is 13.2. The lowest BCUT2D eigenvalue weighted by molar-refractivity contribution is 0.200. The number of hydrogen-bond acceptors (Lipinski definition) is 3. The Kier molecular flexibility index (Phi) is 3.10. The van der Waals surface area contributed by atoms with Crippen LogP contribution in [0.5, 0.6) is 0 Å². The van der Waals surface area contributed by atoms with Gasteiger partial charge in [-0.25, -0.2) is 4.98 Å². The summed E-state index contributed by atoms with van der Waals surface area (Å²) in [6.45, 7) is 4.29. The highest BCUT2D eigenvalue weighted by atomic mass is 16.3. The molecule has 0 aliphatic carbocycles. The highest BCUT2D eigenvalue weighted by molar-refractivity contribution is 5.84. The lowest BCUT2D eigenvalue weighted by Crippen LogP contribution is -2.28. The monoisotopic (exact) mass is 306 g/mol. The molecule has 0 fully saturated rings. The number of benzene rings is 2. The Morgan fingerprint density at radius 1 is 1.26 bits per heavy atom. The summed E-state index contributed by atoms with van der Waals surface area (Å²) in [5.74, 6) is 0.704. The third kappa shape index (κ3) is 2.10. The maximum Gasteiger partial charge on any atom is 0.261 e. The fraction of sp³-hybridized carbons (Fsp3) is 0.263. The third-order valence-corrected chi connectivity index (χ3v) is 4.55. The van der Waals surface area contributed by atoms with Crippen molar-refractivity contribution in [2.24, 2.45) is 0 Å². The molecule has 0 bridgehead atoms. The summed E-state index contributed by atoms with van der Waals surface area (Å²) in [7, 11) is 0. The number of rotatable bonds is 1. The molecule has 3 aromatic rings. The summed E-state index contributed by atoms with van der Waals surface area (Å²) < 4.78 is 1.76. The fourth-order valence-electron chi connectivity index (χ4n) is 3.42. The van der Waals surface area contributed by atoms with E-state index in [4.69, 9.17) is 4.98 Å². The Labute approximate surface area is 134 Å². The summed E-state index contributed by atoms with van der Waals surface area (Å²) in [4.78, 5) is 17.7. The van der Waals surface area contributed by atoms with Crippen LogP contribution in [0, 0.1) is 6.92 Å². The van der Waals surface area contributed by atoms with E-state index in [9.17, 15) is 9.90 Å². The highest BCUT2D eigenvalue weighted by Gasteiger charge is 2.21. The third-order valence-electron chi connectivity index (χ3n) is 4.55. The van der Waals surface area contributed by atoms with Gasteiger partial charge >= 0.3 is 0 Å². The van der Waals surface area contributed by atoms with Gasteiger partial charge in [-0.2, -0.15) is 0 Å². The van der Waals surface area contributed by atoms with E-state index in [1.807, 2.05) is 37.3 Å². The van der Waals surface area contributed by atoms with E-state index in [1.54, 1.807) is 11.5 Å².